The molecule has 0 aromatic carbocycles. The molecule has 0 saturated carbocycles. The van der Waals surface area contributed by atoms with E-state index < -0.39 is 18.3 Å². The predicted octanol–water partition coefficient (Wildman–Crippen LogP) is 7.84. The number of aliphatic hydroxyl groups excluding tert-OH is 4. The van der Waals surface area contributed by atoms with Gasteiger partial charge in [-0.25, -0.2) is 4.79 Å². The van der Waals surface area contributed by atoms with E-state index in [-0.39, 0.29) is 30.4 Å². The predicted molar refractivity (Wildman–Crippen MR) is 177 cm³/mol. The third kappa shape index (κ3) is 17.6. The fraction of sp³-hybridized carbons (Fsp3) is 0.919. The maximum absolute atomic E-state index is 11.6. The molecule has 0 aromatic heterocycles. The second-order valence-corrected chi connectivity index (χ2v) is 13.8. The lowest BCUT2D eigenvalue weighted by Crippen LogP contribution is -2.31. The van der Waals surface area contributed by atoms with Gasteiger partial charge < -0.3 is 29.9 Å². The van der Waals surface area contributed by atoms with Gasteiger partial charge in [-0.2, -0.15) is 0 Å². The van der Waals surface area contributed by atoms with E-state index in [1.54, 1.807) is 6.08 Å². The fourth-order valence-electron chi connectivity index (χ4n) is 6.76. The summed E-state index contributed by atoms with van der Waals surface area (Å²) in [7, 11) is 0. The highest BCUT2D eigenvalue weighted by Crippen LogP contribution is 2.28. The van der Waals surface area contributed by atoms with Crippen molar-refractivity contribution in [2.24, 2.45) is 0 Å². The first kappa shape index (κ1) is 39.2. The first-order chi connectivity index (χ1) is 21.3. The topological polar surface area (TPSA) is 116 Å². The van der Waals surface area contributed by atoms with Gasteiger partial charge in [0.2, 0.25) is 0 Å². The molecular formula is C37H68O7. The van der Waals surface area contributed by atoms with Crippen LogP contribution in [0.2, 0.25) is 0 Å². The Hall–Kier alpha value is -0.990. The van der Waals surface area contributed by atoms with Crippen LogP contribution in [0.1, 0.15) is 174 Å². The largest absolute Gasteiger partial charge is 0.455 e. The van der Waals surface area contributed by atoms with E-state index >= 15 is 0 Å². The summed E-state index contributed by atoms with van der Waals surface area (Å²) in [6, 6.07) is 0. The Morgan fingerprint density at radius 2 is 1.09 bits per heavy atom. The molecular weight excluding hydrogens is 556 g/mol. The van der Waals surface area contributed by atoms with Crippen molar-refractivity contribution in [3.63, 3.8) is 0 Å². The summed E-state index contributed by atoms with van der Waals surface area (Å²) in [5.41, 5.74) is 0.604. The molecule has 0 aliphatic carbocycles. The number of unbranched alkanes of at least 4 members (excludes halogenated alkanes) is 15. The van der Waals surface area contributed by atoms with Gasteiger partial charge in [-0.05, 0) is 57.9 Å². The van der Waals surface area contributed by atoms with Gasteiger partial charge in [-0.3, -0.25) is 0 Å². The molecule has 7 heteroatoms. The molecule has 258 valence electrons. The highest BCUT2D eigenvalue weighted by atomic mass is 16.5. The lowest BCUT2D eigenvalue weighted by Gasteiger charge is -2.23. The van der Waals surface area contributed by atoms with Gasteiger partial charge in [0.15, 0.2) is 0 Å². The molecule has 7 atom stereocenters. The van der Waals surface area contributed by atoms with Crippen molar-refractivity contribution in [2.75, 3.05) is 0 Å². The van der Waals surface area contributed by atoms with Crippen molar-refractivity contribution < 1.29 is 34.7 Å². The van der Waals surface area contributed by atoms with Crippen LogP contribution in [0.25, 0.3) is 0 Å². The first-order valence-corrected chi connectivity index (χ1v) is 18.6. The Morgan fingerprint density at radius 3 is 1.59 bits per heavy atom. The quantitative estimate of drug-likeness (QED) is 0.0518. The second kappa shape index (κ2) is 24.2. The van der Waals surface area contributed by atoms with Gasteiger partial charge in [-0.1, -0.05) is 116 Å². The zero-order chi connectivity index (χ0) is 32.0. The van der Waals surface area contributed by atoms with Gasteiger partial charge in [0.1, 0.15) is 6.10 Å². The number of ether oxygens (including phenoxy) is 2. The number of carbonyl (C=O) groups is 1. The van der Waals surface area contributed by atoms with Gasteiger partial charge in [0.25, 0.3) is 0 Å². The van der Waals surface area contributed by atoms with Crippen LogP contribution in [0, 0.1) is 0 Å². The fourth-order valence-corrected chi connectivity index (χ4v) is 6.76. The summed E-state index contributed by atoms with van der Waals surface area (Å²) in [6.07, 6.45) is 25.1. The van der Waals surface area contributed by atoms with Crippen LogP contribution in [-0.4, -0.2) is 69.1 Å². The normalized spacial score (nSPS) is 23.0. The van der Waals surface area contributed by atoms with E-state index in [1.165, 1.54) is 57.8 Å². The zero-order valence-corrected chi connectivity index (χ0v) is 28.3. The summed E-state index contributed by atoms with van der Waals surface area (Å²) in [4.78, 5) is 11.6. The Labute approximate surface area is 269 Å². The average Bonchev–Trinajstić information content (AvgIpc) is 3.62. The van der Waals surface area contributed by atoms with Crippen LogP contribution in [-0.2, 0) is 14.3 Å². The number of carbonyl (C=O) groups excluding carboxylic acids is 1. The monoisotopic (exact) mass is 624 g/mol. The molecule has 44 heavy (non-hydrogen) atoms. The summed E-state index contributed by atoms with van der Waals surface area (Å²) < 4.78 is 11.1. The Kier molecular flexibility index (Phi) is 21.6. The summed E-state index contributed by atoms with van der Waals surface area (Å²) in [6.45, 7) is 4.09. The van der Waals surface area contributed by atoms with Crippen molar-refractivity contribution in [3.8, 4) is 0 Å². The zero-order valence-electron chi connectivity index (χ0n) is 28.3. The molecule has 4 N–H and O–H groups in total. The van der Waals surface area contributed by atoms with E-state index in [1.807, 2.05) is 6.92 Å². The molecule has 0 radical (unpaired) electrons. The molecule has 0 amide bonds. The van der Waals surface area contributed by atoms with Crippen molar-refractivity contribution in [2.45, 2.75) is 217 Å². The number of rotatable bonds is 28. The number of hydrogen-bond acceptors (Lipinski definition) is 7. The van der Waals surface area contributed by atoms with E-state index in [9.17, 15) is 25.2 Å². The first-order valence-electron chi connectivity index (χ1n) is 18.6. The van der Waals surface area contributed by atoms with Crippen LogP contribution in [0.4, 0.5) is 0 Å². The van der Waals surface area contributed by atoms with Crippen molar-refractivity contribution in [1.29, 1.82) is 0 Å². The maximum atomic E-state index is 11.6. The molecule has 0 unspecified atom stereocenters. The molecule has 1 saturated heterocycles. The molecule has 1 fully saturated rings. The molecule has 2 rings (SSSR count). The molecule has 2 aliphatic rings. The van der Waals surface area contributed by atoms with E-state index in [0.717, 1.165) is 77.0 Å². The van der Waals surface area contributed by atoms with Crippen LogP contribution < -0.4 is 0 Å². The third-order valence-corrected chi connectivity index (χ3v) is 9.61. The van der Waals surface area contributed by atoms with Crippen LogP contribution >= 0.6 is 0 Å². The van der Waals surface area contributed by atoms with Gasteiger partial charge in [0, 0.05) is 12.0 Å². The van der Waals surface area contributed by atoms with Gasteiger partial charge in [-0.15, -0.1) is 0 Å². The number of aliphatic hydroxyl groups is 4. The molecule has 0 bridgehead atoms. The van der Waals surface area contributed by atoms with Crippen LogP contribution in [0.5, 0.6) is 0 Å². The Balaban J connectivity index is 1.39. The maximum Gasteiger partial charge on any atom is 0.334 e. The van der Waals surface area contributed by atoms with E-state index in [0.29, 0.717) is 31.3 Å². The summed E-state index contributed by atoms with van der Waals surface area (Å²) in [5, 5.41) is 41.8. The standard InChI is InChI=1S/C37H68O7/c1-3-4-5-6-7-8-9-13-16-19-22-33(40)35-25-26-36(44-35)34(41)24-23-31(38)20-17-14-11-10-12-15-18-21-32(39)28-30-27-29(2)43-37(30)42/h27,29,31-36,38-41H,3-26,28H2,1-2H3/t29-,31+,32+,33+,34+,35+,36+/m0/s1. The van der Waals surface area contributed by atoms with Crippen molar-refractivity contribution >= 4 is 5.97 Å². The number of esters is 1. The van der Waals surface area contributed by atoms with Gasteiger partial charge in [0.05, 0.1) is 36.6 Å². The molecule has 7 nitrogen and oxygen atoms in total. The highest BCUT2D eigenvalue weighted by Gasteiger charge is 2.34. The van der Waals surface area contributed by atoms with Crippen molar-refractivity contribution in [3.05, 3.63) is 11.6 Å². The summed E-state index contributed by atoms with van der Waals surface area (Å²) >= 11 is 0. The minimum absolute atomic E-state index is 0.164. The number of hydrogen-bond donors (Lipinski definition) is 4. The number of cyclic esters (lactones) is 1. The smallest absolute Gasteiger partial charge is 0.334 e. The second-order valence-electron chi connectivity index (χ2n) is 13.8. The van der Waals surface area contributed by atoms with Crippen LogP contribution in [0.3, 0.4) is 0 Å². The lowest BCUT2D eigenvalue weighted by atomic mass is 9.99. The minimum atomic E-state index is -0.579. The highest BCUT2D eigenvalue weighted by molar-refractivity contribution is 5.90. The van der Waals surface area contributed by atoms with Gasteiger partial charge >= 0.3 is 5.97 Å². The Morgan fingerprint density at radius 1 is 0.636 bits per heavy atom. The van der Waals surface area contributed by atoms with E-state index in [2.05, 4.69) is 6.92 Å². The molecule has 2 aliphatic heterocycles. The van der Waals surface area contributed by atoms with E-state index in [4.69, 9.17) is 9.47 Å². The minimum Gasteiger partial charge on any atom is -0.455 e. The summed E-state index contributed by atoms with van der Waals surface area (Å²) in [5.74, 6) is -0.292. The molecule has 2 heterocycles. The SMILES string of the molecule is CCCCCCCCCCCC[C@@H](O)[C@H]1CC[C@H]([C@H](O)CC[C@H](O)CCCCCCCCC[C@@H](O)CC2=C[C@H](C)OC2=O)O1. The lowest BCUT2D eigenvalue weighted by molar-refractivity contribution is -0.139. The average molecular weight is 625 g/mol. The molecule has 0 spiro atoms. The van der Waals surface area contributed by atoms with Crippen LogP contribution in [0.15, 0.2) is 11.6 Å². The Bertz CT molecular complexity index is 756. The molecule has 0 aromatic rings. The van der Waals surface area contributed by atoms with Crippen molar-refractivity contribution in [1.82, 2.24) is 0 Å². The third-order valence-electron chi connectivity index (χ3n) is 9.61.